The first-order valence-electron chi connectivity index (χ1n) is 9.92. The number of nitro benzene ring substituents is 1. The fourth-order valence-electron chi connectivity index (χ4n) is 3.80. The number of carbonyl (C=O) groups excluding carboxylic acids is 1. The Morgan fingerprint density at radius 2 is 1.94 bits per heavy atom. The second-order valence-electron chi connectivity index (χ2n) is 7.33. The zero-order valence-electron chi connectivity index (χ0n) is 17.0. The predicted octanol–water partition coefficient (Wildman–Crippen LogP) is 1.51. The fourth-order valence-corrected chi connectivity index (χ4v) is 3.80. The van der Waals surface area contributed by atoms with Gasteiger partial charge in [-0.3, -0.25) is 24.6 Å². The summed E-state index contributed by atoms with van der Waals surface area (Å²) in [7, 11) is 1.50. The van der Waals surface area contributed by atoms with Crippen molar-refractivity contribution in [2.24, 2.45) is 0 Å². The van der Waals surface area contributed by atoms with Crippen molar-refractivity contribution in [2.45, 2.75) is 6.54 Å². The average Bonchev–Trinajstić information content (AvgIpc) is 2.78. The topological polar surface area (TPSA) is 124 Å². The molecular weight excluding hydrogens is 400 g/mol. The van der Waals surface area contributed by atoms with Crippen LogP contribution in [0.25, 0.3) is 10.9 Å². The lowest BCUT2D eigenvalue weighted by Gasteiger charge is -2.36. The molecule has 1 aliphatic rings. The molecule has 0 atom stereocenters. The van der Waals surface area contributed by atoms with Gasteiger partial charge in [-0.2, -0.15) is 0 Å². The van der Waals surface area contributed by atoms with Crippen LogP contribution in [0.5, 0.6) is 0 Å². The Bertz CT molecular complexity index is 1200. The Hall–Kier alpha value is -3.79. The molecule has 10 nitrogen and oxygen atoms in total. The minimum atomic E-state index is -0.508. The summed E-state index contributed by atoms with van der Waals surface area (Å²) in [6.07, 6.45) is 0. The standard InChI is InChI=1S/C21H22N6O4/c1-22-20(28)16-12-14(27(30)31)6-7-18(16)26-10-8-25(9-11-26)13-19-23-17-5-3-2-4-15(17)21(29)24-19/h2-7,12H,8-11,13H2,1H3,(H,22,28)(H,23,24,29). The molecule has 31 heavy (non-hydrogen) atoms. The maximum atomic E-state index is 12.3. The Morgan fingerprint density at radius 1 is 1.19 bits per heavy atom. The van der Waals surface area contributed by atoms with Gasteiger partial charge >= 0.3 is 0 Å². The van der Waals surface area contributed by atoms with Crippen LogP contribution < -0.4 is 15.8 Å². The molecule has 160 valence electrons. The molecule has 0 bridgehead atoms. The molecule has 0 unspecified atom stereocenters. The van der Waals surface area contributed by atoms with E-state index in [1.165, 1.54) is 19.2 Å². The summed E-state index contributed by atoms with van der Waals surface area (Å²) in [6.45, 7) is 3.18. The molecule has 1 aliphatic heterocycles. The number of anilines is 1. The number of piperazine rings is 1. The Morgan fingerprint density at radius 3 is 2.65 bits per heavy atom. The smallest absolute Gasteiger partial charge is 0.270 e. The average molecular weight is 422 g/mol. The molecule has 1 saturated heterocycles. The molecule has 2 aromatic carbocycles. The van der Waals surface area contributed by atoms with Crippen molar-refractivity contribution in [1.29, 1.82) is 0 Å². The number of amides is 1. The van der Waals surface area contributed by atoms with Crippen LogP contribution in [0.2, 0.25) is 0 Å². The van der Waals surface area contributed by atoms with Crippen molar-refractivity contribution >= 4 is 28.2 Å². The van der Waals surface area contributed by atoms with Crippen LogP contribution in [0.1, 0.15) is 16.2 Å². The van der Waals surface area contributed by atoms with E-state index in [9.17, 15) is 19.7 Å². The highest BCUT2D eigenvalue weighted by atomic mass is 16.6. The third-order valence-corrected chi connectivity index (χ3v) is 5.41. The number of hydrogen-bond donors (Lipinski definition) is 2. The molecule has 0 saturated carbocycles. The van der Waals surface area contributed by atoms with Gasteiger partial charge in [-0.25, -0.2) is 4.98 Å². The van der Waals surface area contributed by atoms with Gasteiger partial charge in [-0.05, 0) is 18.2 Å². The number of hydrogen-bond acceptors (Lipinski definition) is 7. The molecule has 1 amide bonds. The van der Waals surface area contributed by atoms with Gasteiger partial charge in [0.15, 0.2) is 0 Å². The summed E-state index contributed by atoms with van der Waals surface area (Å²) in [5.41, 5.74) is 1.35. The molecule has 0 spiro atoms. The number of para-hydroxylation sites is 1. The van der Waals surface area contributed by atoms with E-state index >= 15 is 0 Å². The summed E-state index contributed by atoms with van der Waals surface area (Å²) in [5.74, 6) is 0.248. The fraction of sp³-hybridized carbons (Fsp3) is 0.286. The third kappa shape index (κ3) is 4.24. The molecule has 2 N–H and O–H groups in total. The van der Waals surface area contributed by atoms with Gasteiger partial charge in [-0.15, -0.1) is 0 Å². The van der Waals surface area contributed by atoms with Crippen LogP contribution in [-0.4, -0.2) is 58.9 Å². The maximum Gasteiger partial charge on any atom is 0.270 e. The monoisotopic (exact) mass is 422 g/mol. The van der Waals surface area contributed by atoms with Crippen molar-refractivity contribution in [3.8, 4) is 0 Å². The van der Waals surface area contributed by atoms with Crippen LogP contribution in [0.3, 0.4) is 0 Å². The van der Waals surface area contributed by atoms with E-state index in [-0.39, 0.29) is 22.7 Å². The largest absolute Gasteiger partial charge is 0.368 e. The number of benzene rings is 2. The highest BCUT2D eigenvalue weighted by molar-refractivity contribution is 6.00. The van der Waals surface area contributed by atoms with Crippen molar-refractivity contribution in [1.82, 2.24) is 20.2 Å². The first-order chi connectivity index (χ1) is 15.0. The van der Waals surface area contributed by atoms with Crippen molar-refractivity contribution in [2.75, 3.05) is 38.1 Å². The zero-order valence-corrected chi connectivity index (χ0v) is 17.0. The molecule has 3 aromatic rings. The van der Waals surface area contributed by atoms with E-state index in [0.29, 0.717) is 55.1 Å². The van der Waals surface area contributed by atoms with Crippen LogP contribution in [0.4, 0.5) is 11.4 Å². The molecule has 10 heteroatoms. The lowest BCUT2D eigenvalue weighted by atomic mass is 10.1. The number of aromatic nitrogens is 2. The third-order valence-electron chi connectivity index (χ3n) is 5.41. The van der Waals surface area contributed by atoms with Gasteiger partial charge in [0.1, 0.15) is 5.82 Å². The quantitative estimate of drug-likeness (QED) is 0.472. The zero-order chi connectivity index (χ0) is 22.0. The number of nitrogens with one attached hydrogen (secondary N) is 2. The second kappa shape index (κ2) is 8.52. The van der Waals surface area contributed by atoms with Gasteiger partial charge in [0.2, 0.25) is 0 Å². The van der Waals surface area contributed by atoms with E-state index < -0.39 is 4.92 Å². The maximum absolute atomic E-state index is 12.3. The van der Waals surface area contributed by atoms with E-state index in [0.717, 1.165) is 0 Å². The number of nitro groups is 1. The van der Waals surface area contributed by atoms with Crippen molar-refractivity contribution in [3.63, 3.8) is 0 Å². The summed E-state index contributed by atoms with van der Waals surface area (Å²) in [4.78, 5) is 46.8. The number of H-pyrrole nitrogens is 1. The number of fused-ring (bicyclic) bond motifs is 1. The first kappa shape index (κ1) is 20.5. The van der Waals surface area contributed by atoms with Crippen molar-refractivity contribution < 1.29 is 9.72 Å². The summed E-state index contributed by atoms with van der Waals surface area (Å²) in [6, 6.07) is 11.6. The number of nitrogens with zero attached hydrogens (tertiary/aromatic N) is 4. The highest BCUT2D eigenvalue weighted by Gasteiger charge is 2.24. The Balaban J connectivity index is 1.48. The predicted molar refractivity (Wildman–Crippen MR) is 116 cm³/mol. The van der Waals surface area contributed by atoms with Gasteiger partial charge in [0.25, 0.3) is 17.2 Å². The van der Waals surface area contributed by atoms with E-state index in [1.54, 1.807) is 12.1 Å². The van der Waals surface area contributed by atoms with Crippen LogP contribution in [0, 0.1) is 10.1 Å². The molecule has 0 aliphatic carbocycles. The van der Waals surface area contributed by atoms with Crippen molar-refractivity contribution in [3.05, 3.63) is 74.3 Å². The van der Waals surface area contributed by atoms with Crippen LogP contribution >= 0.6 is 0 Å². The molecule has 1 fully saturated rings. The van der Waals surface area contributed by atoms with E-state index in [2.05, 4.69) is 20.2 Å². The van der Waals surface area contributed by atoms with E-state index in [4.69, 9.17) is 0 Å². The van der Waals surface area contributed by atoms with Crippen LogP contribution in [-0.2, 0) is 6.54 Å². The minimum absolute atomic E-state index is 0.118. The molecular formula is C21H22N6O4. The molecule has 4 rings (SSSR count). The van der Waals surface area contributed by atoms with Gasteiger partial charge in [-0.1, -0.05) is 12.1 Å². The normalized spacial score (nSPS) is 14.5. The molecule has 2 heterocycles. The minimum Gasteiger partial charge on any atom is -0.368 e. The lowest BCUT2D eigenvalue weighted by molar-refractivity contribution is -0.384. The molecule has 0 radical (unpaired) electrons. The van der Waals surface area contributed by atoms with Gasteiger partial charge in [0, 0.05) is 45.4 Å². The number of rotatable bonds is 5. The summed E-state index contributed by atoms with van der Waals surface area (Å²) < 4.78 is 0. The first-order valence-corrected chi connectivity index (χ1v) is 9.92. The summed E-state index contributed by atoms with van der Waals surface area (Å²) >= 11 is 0. The van der Waals surface area contributed by atoms with Gasteiger partial charge in [0.05, 0.1) is 33.6 Å². The highest BCUT2D eigenvalue weighted by Crippen LogP contribution is 2.26. The van der Waals surface area contributed by atoms with E-state index in [1.807, 2.05) is 23.1 Å². The Labute approximate surface area is 177 Å². The number of carbonyl (C=O) groups is 1. The second-order valence-corrected chi connectivity index (χ2v) is 7.33. The Kier molecular flexibility index (Phi) is 5.63. The van der Waals surface area contributed by atoms with Gasteiger partial charge < -0.3 is 15.2 Å². The number of non-ortho nitro benzene ring substituents is 1. The number of aromatic amines is 1. The SMILES string of the molecule is CNC(=O)c1cc([N+](=O)[O-])ccc1N1CCN(Cc2nc3ccccc3c(=O)[nH]2)CC1. The van der Waals surface area contributed by atoms with Crippen LogP contribution in [0.15, 0.2) is 47.3 Å². The molecule has 1 aromatic heterocycles. The summed E-state index contributed by atoms with van der Waals surface area (Å²) in [5, 5.41) is 14.2. The lowest BCUT2D eigenvalue weighted by Crippen LogP contribution is -2.46.